The van der Waals surface area contributed by atoms with Crippen molar-refractivity contribution in [3.63, 3.8) is 0 Å². The molecule has 6 heterocycles. The van der Waals surface area contributed by atoms with Gasteiger partial charge >= 0.3 is 5.97 Å². The van der Waals surface area contributed by atoms with Crippen molar-refractivity contribution >= 4 is 17.5 Å². The van der Waals surface area contributed by atoms with Gasteiger partial charge in [-0.25, -0.2) is 4.79 Å². The molecule has 5 aromatic rings. The van der Waals surface area contributed by atoms with E-state index in [0.717, 1.165) is 172 Å². The number of rotatable bonds is 22. The third-order valence-electron chi connectivity index (χ3n) is 32.3. The first-order chi connectivity index (χ1) is 55.2. The van der Waals surface area contributed by atoms with Crippen LogP contribution in [0.4, 0.5) is 0 Å². The number of benzene rings is 5. The maximum Gasteiger partial charge on any atom is 0.339 e. The number of fused-ring (bicyclic) bond motifs is 8. The van der Waals surface area contributed by atoms with Crippen molar-refractivity contribution in [2.45, 2.75) is 382 Å². The second-order valence-electron chi connectivity index (χ2n) is 42.3. The molecule has 6 aliphatic heterocycles. The van der Waals surface area contributed by atoms with E-state index in [4.69, 9.17) is 28.4 Å². The third-order valence-corrected chi connectivity index (χ3v) is 32.3. The first-order valence-corrected chi connectivity index (χ1v) is 46.2. The zero-order valence-electron chi connectivity index (χ0n) is 75.0. The lowest BCUT2D eigenvalue weighted by Gasteiger charge is -2.62. The van der Waals surface area contributed by atoms with Crippen molar-refractivity contribution < 1.29 is 68.3 Å². The number of unbranched alkanes of at least 4 members (excludes halogenated alkanes) is 8. The van der Waals surface area contributed by atoms with Crippen LogP contribution in [0.15, 0.2) is 54.6 Å². The molecule has 7 aliphatic carbocycles. The molecule has 640 valence electrons. The van der Waals surface area contributed by atoms with Gasteiger partial charge in [-0.05, 0) is 301 Å². The van der Waals surface area contributed by atoms with Gasteiger partial charge in [0.1, 0.15) is 108 Å². The van der Waals surface area contributed by atoms with Gasteiger partial charge in [-0.15, -0.1) is 0 Å². The predicted molar refractivity (Wildman–Crippen MR) is 464 cm³/mol. The number of aromatic hydroxyl groups is 4. The van der Waals surface area contributed by atoms with Crippen LogP contribution in [0, 0.1) is 63.6 Å². The number of carbonyl (C=O) groups excluding carboxylic acids is 2. The third kappa shape index (κ3) is 15.2. The molecule has 117 heavy (non-hydrogen) atoms. The second kappa shape index (κ2) is 32.1. The van der Waals surface area contributed by atoms with Crippen LogP contribution >= 0.6 is 0 Å². The Bertz CT molecular complexity index is 4560. The highest BCUT2D eigenvalue weighted by Crippen LogP contribution is 2.77. The molecule has 0 spiro atoms. The lowest BCUT2D eigenvalue weighted by Crippen LogP contribution is -2.59. The molecule has 13 aliphatic rings. The van der Waals surface area contributed by atoms with Crippen LogP contribution in [0.2, 0.25) is 0 Å². The van der Waals surface area contributed by atoms with E-state index in [0.29, 0.717) is 89.4 Å². The van der Waals surface area contributed by atoms with E-state index >= 15 is 0 Å². The zero-order valence-corrected chi connectivity index (χ0v) is 75.0. The maximum absolute atomic E-state index is 12.9. The number of aryl methyl sites for hydroxylation is 5. The van der Waals surface area contributed by atoms with Gasteiger partial charge in [0.2, 0.25) is 0 Å². The topological polar surface area (TPSA) is 208 Å². The molecule has 7 saturated carbocycles. The molecule has 0 radical (unpaired) electrons. The average molecular weight is 1610 g/mol. The fourth-order valence-electron chi connectivity index (χ4n) is 26.3. The Labute approximate surface area is 700 Å². The molecule has 5 aromatic carbocycles. The van der Waals surface area contributed by atoms with E-state index in [2.05, 4.69) is 142 Å². The Morgan fingerprint density at radius 3 is 1.24 bits per heavy atom. The average Bonchev–Trinajstić information content (AvgIpc) is 1.55. The Kier molecular flexibility index (Phi) is 23.6. The normalized spacial score (nSPS) is 31.6. The van der Waals surface area contributed by atoms with Gasteiger partial charge in [0.25, 0.3) is 0 Å². The van der Waals surface area contributed by atoms with Gasteiger partial charge in [-0.3, -0.25) is 4.79 Å². The van der Waals surface area contributed by atoms with E-state index in [1.54, 1.807) is 6.07 Å². The van der Waals surface area contributed by atoms with Gasteiger partial charge < -0.3 is 58.7 Å². The van der Waals surface area contributed by atoms with Crippen LogP contribution in [0.1, 0.15) is 387 Å². The number of hydrogen-bond donors (Lipinski definition) is 5. The summed E-state index contributed by atoms with van der Waals surface area (Å²) in [4.78, 5) is 36.1. The van der Waals surface area contributed by atoms with Crippen molar-refractivity contribution in [3.8, 4) is 57.5 Å². The van der Waals surface area contributed by atoms with Crippen LogP contribution in [-0.4, -0.2) is 76.7 Å². The van der Waals surface area contributed by atoms with E-state index in [1.807, 2.05) is 38.1 Å². The molecule has 18 rings (SSSR count). The van der Waals surface area contributed by atoms with Crippen molar-refractivity contribution in [1.82, 2.24) is 0 Å². The first kappa shape index (κ1) is 86.3. The van der Waals surface area contributed by atoms with Gasteiger partial charge in [-0.1, -0.05) is 134 Å². The molecule has 0 saturated heterocycles. The molecule has 16 atom stereocenters. The minimum Gasteiger partial charge on any atom is -0.508 e. The summed E-state index contributed by atoms with van der Waals surface area (Å²) in [7, 11) is 0. The first-order valence-electron chi connectivity index (χ1n) is 46.2. The molecule has 7 fully saturated rings. The Morgan fingerprint density at radius 2 is 0.795 bits per heavy atom. The number of Topliss-reactive ketones (excluding diaryl/α,β-unsaturated/α-hetero) is 2. The van der Waals surface area contributed by atoms with E-state index in [9.17, 15) is 39.9 Å². The van der Waals surface area contributed by atoms with Gasteiger partial charge in [-0.2, -0.15) is 0 Å². The molecule has 14 heteroatoms. The molecular weight excluding hydrogens is 1460 g/mol. The predicted octanol–water partition coefficient (Wildman–Crippen LogP) is 25.3. The van der Waals surface area contributed by atoms with Gasteiger partial charge in [0, 0.05) is 76.0 Å². The largest absolute Gasteiger partial charge is 0.508 e. The van der Waals surface area contributed by atoms with Crippen molar-refractivity contribution in [2.75, 3.05) is 0 Å². The molecule has 14 nitrogen and oxygen atoms in total. The van der Waals surface area contributed by atoms with Crippen LogP contribution in [0.25, 0.3) is 0 Å². The number of phenols is 4. The highest BCUT2D eigenvalue weighted by atomic mass is 16.5. The zero-order chi connectivity index (χ0) is 84.4. The van der Waals surface area contributed by atoms with Crippen LogP contribution in [-0.2, 0) is 36.9 Å². The standard InChI is InChI=1S/C22H30O4.2C21H30O2.C20H28O4.C19H26O2/c1-5-6-7-8-12-11-14-16(19(23)15(12)20(24)25)18-17-13(21(18,2)3)9-10-22(17,4)26-14;1-5-6-7-8-14-11-17-19-15-13-21(4,23-18(19)12-14)10-9-16(15)20(2,3)22-17;1-5-6-7-8-13-11-15(22)17-16(12-13)23-21(4)10-9-14-18(21)19(17)20(14,2)3;1-5-6-7-8-14-11-16(22)18-17(12-14)24-20(3,4)15(19(18)23)10-9-13(2)21;1-5-6-11-9-13(20)15-14(10-11)21-19(4)8-7-12-16(19)17(15)18(12,2)3/h11,13,17-18,23H,5-10H2,1-4H3,(H,24,25);11-12,15-16H,5-10,13H2,1-4H3;11-12,14,18-19,22H,5-10H2,1-4H3;11-12,15,22H,5-10H2,1-4H3;9-10,12,16-17,20H,5-8H2,1-4H3/t13-,17+,18+,22+;;14-,18+,19+,21+;;12-,16+,17+,19+/m0.0.0/s1. The number of carbonyl (C=O) groups is 3. The summed E-state index contributed by atoms with van der Waals surface area (Å²) in [5.41, 5.74) is 9.82. The van der Waals surface area contributed by atoms with Gasteiger partial charge in [0.15, 0.2) is 5.78 Å². The molecule has 0 amide bonds. The summed E-state index contributed by atoms with van der Waals surface area (Å²) in [6.45, 7) is 43.9. The highest BCUT2D eigenvalue weighted by molar-refractivity contribution is 6.04. The summed E-state index contributed by atoms with van der Waals surface area (Å²) in [6.07, 6.45) is 30.9. The van der Waals surface area contributed by atoms with E-state index in [-0.39, 0.29) is 84.4 Å². The molecule has 4 unspecified atom stereocenters. The number of aromatic carboxylic acids is 1. The SMILES string of the molecule is CCCCCc1cc(O)c2c(c1)OC(C)(C)C(CCC(C)=O)C2=O.CCCCCc1cc(O)c2c(c1)O[C@]1(C)CC[C@H]3[C@@H]1[C@@H]2C3(C)C.CCCCCc1cc2c(c(O)c1C(=O)O)[C@@H]1[C@H]3[C@H](CC[C@@]3(C)O2)C1(C)C.CCCCCc1cc2c3c(c1)OC(C)(C)C1CCC(C)(CC31)O2.CCCc1cc(O)c2c(c1)O[C@]1(C)CC[C@H]3[C@@H]1[C@@H]2C3(C)C. The lowest BCUT2D eigenvalue weighted by molar-refractivity contribution is -0.121. The number of carboxylic acid groups (broad SMARTS) is 1. The Hall–Kier alpha value is -7.09. The fourth-order valence-corrected chi connectivity index (χ4v) is 26.3. The number of phenolic OH excluding ortho intramolecular Hbond substituents is 3. The highest BCUT2D eigenvalue weighted by Gasteiger charge is 2.73. The number of ketones is 2. The number of carboxylic acids is 1. The molecule has 5 N–H and O–H groups in total. The number of hydrogen-bond acceptors (Lipinski definition) is 13. The summed E-state index contributed by atoms with van der Waals surface area (Å²) in [6, 6.07) is 18.4. The van der Waals surface area contributed by atoms with Gasteiger partial charge in [0.05, 0.1) is 5.92 Å². The van der Waals surface area contributed by atoms with E-state index < -0.39 is 17.5 Å². The molecular formula is C103H144O14. The van der Waals surface area contributed by atoms with Crippen LogP contribution in [0.3, 0.4) is 0 Å². The Balaban J connectivity index is 0.000000121. The quantitative estimate of drug-likeness (QED) is 0.0409. The summed E-state index contributed by atoms with van der Waals surface area (Å²) in [5, 5.41) is 52.5. The summed E-state index contributed by atoms with van der Waals surface area (Å²) < 4.78 is 38.5. The maximum atomic E-state index is 12.9. The second-order valence-corrected chi connectivity index (χ2v) is 42.3. The van der Waals surface area contributed by atoms with Crippen LogP contribution < -0.4 is 28.4 Å². The molecule has 0 aromatic heterocycles. The van der Waals surface area contributed by atoms with Crippen molar-refractivity contribution in [1.29, 1.82) is 0 Å². The van der Waals surface area contributed by atoms with Crippen molar-refractivity contribution in [3.05, 3.63) is 116 Å². The lowest BCUT2D eigenvalue weighted by atomic mass is 9.45. The van der Waals surface area contributed by atoms with Crippen LogP contribution in [0.5, 0.6) is 57.5 Å². The summed E-state index contributed by atoms with van der Waals surface area (Å²) >= 11 is 0. The van der Waals surface area contributed by atoms with Crippen molar-refractivity contribution in [2.24, 2.45) is 63.6 Å². The fraction of sp³-hybridized carbons (Fsp3) is 0.680. The molecule has 2 bridgehead atoms. The van der Waals surface area contributed by atoms with E-state index in [1.165, 1.54) is 87.0 Å². The summed E-state index contributed by atoms with van der Waals surface area (Å²) in [5.74, 6) is 10.6. The smallest absolute Gasteiger partial charge is 0.339 e. The number of ether oxygens (including phenoxy) is 6. The minimum absolute atomic E-state index is 0.00711. The Morgan fingerprint density at radius 1 is 0.410 bits per heavy atom. The minimum atomic E-state index is -1.04. The monoisotopic (exact) mass is 1610 g/mol.